The van der Waals surface area contributed by atoms with Crippen LogP contribution in [0.4, 0.5) is 0 Å². The van der Waals surface area contributed by atoms with Gasteiger partial charge in [-0.25, -0.2) is 0 Å². The van der Waals surface area contributed by atoms with E-state index in [1.54, 1.807) is 0 Å². The summed E-state index contributed by atoms with van der Waals surface area (Å²) >= 11 is 6.06. The van der Waals surface area contributed by atoms with E-state index in [1.807, 2.05) is 0 Å². The number of alkyl halides is 1. The van der Waals surface area contributed by atoms with E-state index < -0.39 is 0 Å². The molecule has 1 rings (SSSR count). The molecule has 1 amide bonds. The first-order valence-corrected chi connectivity index (χ1v) is 6.04. The SMILES string of the molecule is CC(C)C(Cl)CNC(=O)C1CCOCC1. The van der Waals surface area contributed by atoms with Crippen LogP contribution in [0.25, 0.3) is 0 Å². The zero-order chi connectivity index (χ0) is 11.3. The van der Waals surface area contributed by atoms with Crippen LogP contribution in [0.5, 0.6) is 0 Å². The fraction of sp³-hybridized carbons (Fsp3) is 0.909. The van der Waals surface area contributed by atoms with Gasteiger partial charge < -0.3 is 10.1 Å². The number of amides is 1. The molecule has 0 spiro atoms. The molecule has 1 fully saturated rings. The first-order chi connectivity index (χ1) is 7.11. The Morgan fingerprint density at radius 1 is 1.47 bits per heavy atom. The van der Waals surface area contributed by atoms with Gasteiger partial charge in [-0.05, 0) is 18.8 Å². The number of hydrogen-bond acceptors (Lipinski definition) is 2. The molecule has 1 unspecified atom stereocenters. The lowest BCUT2D eigenvalue weighted by Gasteiger charge is -2.22. The van der Waals surface area contributed by atoms with E-state index in [0.717, 1.165) is 12.8 Å². The molecule has 0 aromatic heterocycles. The van der Waals surface area contributed by atoms with Crippen molar-refractivity contribution in [3.8, 4) is 0 Å². The van der Waals surface area contributed by atoms with Crippen molar-refractivity contribution in [1.29, 1.82) is 0 Å². The number of carbonyl (C=O) groups is 1. The highest BCUT2D eigenvalue weighted by atomic mass is 35.5. The maximum Gasteiger partial charge on any atom is 0.223 e. The lowest BCUT2D eigenvalue weighted by molar-refractivity contribution is -0.127. The second-order valence-electron chi connectivity index (χ2n) is 4.39. The van der Waals surface area contributed by atoms with E-state index in [2.05, 4.69) is 19.2 Å². The monoisotopic (exact) mass is 233 g/mol. The van der Waals surface area contributed by atoms with Gasteiger partial charge >= 0.3 is 0 Å². The molecule has 1 atom stereocenters. The van der Waals surface area contributed by atoms with Gasteiger partial charge in [-0.1, -0.05) is 13.8 Å². The average molecular weight is 234 g/mol. The highest BCUT2D eigenvalue weighted by Crippen LogP contribution is 2.15. The number of ether oxygens (including phenoxy) is 1. The number of rotatable bonds is 4. The quantitative estimate of drug-likeness (QED) is 0.752. The normalized spacial score (nSPS) is 20.3. The fourth-order valence-corrected chi connectivity index (χ4v) is 1.62. The highest BCUT2D eigenvalue weighted by molar-refractivity contribution is 6.21. The van der Waals surface area contributed by atoms with Crippen molar-refractivity contribution in [1.82, 2.24) is 5.32 Å². The van der Waals surface area contributed by atoms with Gasteiger partial charge in [0.05, 0.1) is 5.38 Å². The zero-order valence-corrected chi connectivity index (χ0v) is 10.2. The molecule has 0 saturated carbocycles. The van der Waals surface area contributed by atoms with Gasteiger partial charge in [0.2, 0.25) is 5.91 Å². The molecular formula is C11H20ClNO2. The Balaban J connectivity index is 2.22. The minimum absolute atomic E-state index is 0.0220. The van der Waals surface area contributed by atoms with Gasteiger partial charge in [0.15, 0.2) is 0 Å². The van der Waals surface area contributed by atoms with Crippen LogP contribution in [0.2, 0.25) is 0 Å². The third kappa shape index (κ3) is 4.39. The van der Waals surface area contributed by atoms with Crippen molar-refractivity contribution >= 4 is 17.5 Å². The van der Waals surface area contributed by atoms with E-state index in [0.29, 0.717) is 25.7 Å². The molecule has 0 aliphatic carbocycles. The lowest BCUT2D eigenvalue weighted by Crippen LogP contribution is -2.38. The molecule has 0 radical (unpaired) electrons. The molecule has 1 aliphatic rings. The predicted molar refractivity (Wildman–Crippen MR) is 61.0 cm³/mol. The van der Waals surface area contributed by atoms with Gasteiger partial charge in [0, 0.05) is 25.7 Å². The summed E-state index contributed by atoms with van der Waals surface area (Å²) in [5, 5.41) is 2.93. The summed E-state index contributed by atoms with van der Waals surface area (Å²) in [6, 6.07) is 0. The number of hydrogen-bond donors (Lipinski definition) is 1. The molecular weight excluding hydrogens is 214 g/mol. The molecule has 1 saturated heterocycles. The van der Waals surface area contributed by atoms with Crippen molar-refractivity contribution in [2.45, 2.75) is 32.1 Å². The molecule has 0 aromatic carbocycles. The van der Waals surface area contributed by atoms with E-state index >= 15 is 0 Å². The Labute approximate surface area is 96.5 Å². The molecule has 4 heteroatoms. The molecule has 88 valence electrons. The van der Waals surface area contributed by atoms with Crippen LogP contribution >= 0.6 is 11.6 Å². The topological polar surface area (TPSA) is 38.3 Å². The summed E-state index contributed by atoms with van der Waals surface area (Å²) in [4.78, 5) is 11.7. The molecule has 3 nitrogen and oxygen atoms in total. The second-order valence-corrected chi connectivity index (χ2v) is 4.95. The Morgan fingerprint density at radius 2 is 2.07 bits per heavy atom. The van der Waals surface area contributed by atoms with Crippen LogP contribution in [0.15, 0.2) is 0 Å². The Morgan fingerprint density at radius 3 is 2.60 bits per heavy atom. The highest BCUT2D eigenvalue weighted by Gasteiger charge is 2.22. The summed E-state index contributed by atoms with van der Waals surface area (Å²) < 4.78 is 5.21. The third-order valence-corrected chi connectivity index (χ3v) is 3.45. The first-order valence-electron chi connectivity index (χ1n) is 5.60. The molecule has 0 bridgehead atoms. The van der Waals surface area contributed by atoms with Crippen molar-refractivity contribution in [2.24, 2.45) is 11.8 Å². The smallest absolute Gasteiger partial charge is 0.223 e. The zero-order valence-electron chi connectivity index (χ0n) is 9.46. The summed E-state index contributed by atoms with van der Waals surface area (Å²) in [5.74, 6) is 0.640. The summed E-state index contributed by atoms with van der Waals surface area (Å²) in [6.45, 7) is 6.07. The van der Waals surface area contributed by atoms with E-state index in [-0.39, 0.29) is 17.2 Å². The molecule has 1 heterocycles. The third-order valence-electron chi connectivity index (χ3n) is 2.79. The van der Waals surface area contributed by atoms with Gasteiger partial charge in [0.25, 0.3) is 0 Å². The number of halogens is 1. The van der Waals surface area contributed by atoms with Gasteiger partial charge in [-0.2, -0.15) is 0 Å². The Kier molecular flexibility index (Phi) is 5.40. The van der Waals surface area contributed by atoms with E-state index in [4.69, 9.17) is 16.3 Å². The minimum atomic E-state index is 0.0220. The minimum Gasteiger partial charge on any atom is -0.381 e. The number of carbonyl (C=O) groups excluding carboxylic acids is 1. The van der Waals surface area contributed by atoms with Crippen LogP contribution in [0.3, 0.4) is 0 Å². The summed E-state index contributed by atoms with van der Waals surface area (Å²) in [5.41, 5.74) is 0. The summed E-state index contributed by atoms with van der Waals surface area (Å²) in [7, 11) is 0. The van der Waals surface area contributed by atoms with Crippen LogP contribution in [0.1, 0.15) is 26.7 Å². The predicted octanol–water partition coefficient (Wildman–Crippen LogP) is 1.79. The molecule has 1 aliphatic heterocycles. The maximum atomic E-state index is 11.7. The number of nitrogens with one attached hydrogen (secondary N) is 1. The van der Waals surface area contributed by atoms with Crippen molar-refractivity contribution in [3.63, 3.8) is 0 Å². The van der Waals surface area contributed by atoms with E-state index in [9.17, 15) is 4.79 Å². The second kappa shape index (κ2) is 6.33. The molecule has 1 N–H and O–H groups in total. The Bertz CT molecular complexity index is 203. The van der Waals surface area contributed by atoms with E-state index in [1.165, 1.54) is 0 Å². The lowest BCUT2D eigenvalue weighted by atomic mass is 9.99. The maximum absolute atomic E-state index is 11.7. The van der Waals surface area contributed by atoms with Crippen molar-refractivity contribution < 1.29 is 9.53 Å². The van der Waals surface area contributed by atoms with Gasteiger partial charge in [0.1, 0.15) is 0 Å². The standard InChI is InChI=1S/C11H20ClNO2/c1-8(2)10(12)7-13-11(14)9-3-5-15-6-4-9/h8-10H,3-7H2,1-2H3,(H,13,14). The van der Waals surface area contributed by atoms with Crippen LogP contribution in [-0.2, 0) is 9.53 Å². The Hall–Kier alpha value is -0.280. The summed E-state index contributed by atoms with van der Waals surface area (Å²) in [6.07, 6.45) is 1.67. The van der Waals surface area contributed by atoms with Crippen LogP contribution in [0, 0.1) is 11.8 Å². The van der Waals surface area contributed by atoms with Crippen molar-refractivity contribution in [3.05, 3.63) is 0 Å². The largest absolute Gasteiger partial charge is 0.381 e. The van der Waals surface area contributed by atoms with Crippen LogP contribution in [-0.4, -0.2) is 31.0 Å². The molecule has 0 aromatic rings. The van der Waals surface area contributed by atoms with Crippen molar-refractivity contribution in [2.75, 3.05) is 19.8 Å². The first kappa shape index (κ1) is 12.8. The fourth-order valence-electron chi connectivity index (χ4n) is 1.54. The average Bonchev–Trinajstić information content (AvgIpc) is 2.26. The van der Waals surface area contributed by atoms with Crippen LogP contribution < -0.4 is 5.32 Å². The van der Waals surface area contributed by atoms with Gasteiger partial charge in [-0.15, -0.1) is 11.6 Å². The molecule has 15 heavy (non-hydrogen) atoms. The van der Waals surface area contributed by atoms with Gasteiger partial charge in [-0.3, -0.25) is 4.79 Å².